The third kappa shape index (κ3) is 5.45. The second-order valence-corrected chi connectivity index (χ2v) is 6.16. The monoisotopic (exact) mass is 357 g/mol. The normalized spacial score (nSPS) is 18.1. The zero-order valence-corrected chi connectivity index (χ0v) is 14.0. The maximum Gasteiger partial charge on any atom is 0.416 e. The Hall–Kier alpha value is -2.09. The van der Waals surface area contributed by atoms with Crippen molar-refractivity contribution in [2.75, 3.05) is 33.2 Å². The van der Waals surface area contributed by atoms with Gasteiger partial charge in [-0.1, -0.05) is 0 Å². The smallest absolute Gasteiger partial charge is 0.343 e. The first-order chi connectivity index (χ1) is 11.8. The van der Waals surface area contributed by atoms with Crippen LogP contribution in [0.15, 0.2) is 24.3 Å². The van der Waals surface area contributed by atoms with E-state index in [1.54, 1.807) is 4.90 Å². The fourth-order valence-electron chi connectivity index (χ4n) is 2.93. The Kier molecular flexibility index (Phi) is 6.41. The molecule has 0 saturated carbocycles. The zero-order chi connectivity index (χ0) is 18.4. The van der Waals surface area contributed by atoms with Gasteiger partial charge in [-0.15, -0.1) is 0 Å². The summed E-state index contributed by atoms with van der Waals surface area (Å²) < 4.78 is 37.5. The first-order valence-electron chi connectivity index (χ1n) is 8.19. The number of hydrogen-bond acceptors (Lipinski definition) is 3. The highest BCUT2D eigenvalue weighted by Gasteiger charge is 2.30. The Morgan fingerprint density at radius 1 is 1.24 bits per heavy atom. The average molecular weight is 357 g/mol. The van der Waals surface area contributed by atoms with Gasteiger partial charge in [0.1, 0.15) is 0 Å². The van der Waals surface area contributed by atoms with Gasteiger partial charge in [-0.2, -0.15) is 13.2 Å². The summed E-state index contributed by atoms with van der Waals surface area (Å²) in [6.07, 6.45) is -2.46. The first-order valence-corrected chi connectivity index (χ1v) is 8.19. The number of rotatable bonds is 5. The molecule has 0 aliphatic carbocycles. The van der Waals surface area contributed by atoms with Crippen LogP contribution in [0.2, 0.25) is 0 Å². The van der Waals surface area contributed by atoms with Crippen LogP contribution in [0.25, 0.3) is 0 Å². The quantitative estimate of drug-likeness (QED) is 0.846. The number of piperidine rings is 1. The molecule has 1 aromatic carbocycles. The minimum Gasteiger partial charge on any atom is -0.343 e. The Bertz CT molecular complexity index is 600. The van der Waals surface area contributed by atoms with E-state index in [2.05, 4.69) is 10.6 Å². The molecule has 1 aliphatic rings. The van der Waals surface area contributed by atoms with Crippen molar-refractivity contribution in [3.8, 4) is 0 Å². The molecule has 0 aromatic heterocycles. The maximum atomic E-state index is 12.5. The second kappa shape index (κ2) is 8.33. The van der Waals surface area contributed by atoms with E-state index in [1.807, 2.05) is 7.05 Å². The number of alkyl halides is 3. The van der Waals surface area contributed by atoms with Crippen molar-refractivity contribution in [1.29, 1.82) is 0 Å². The molecule has 2 rings (SSSR count). The van der Waals surface area contributed by atoms with E-state index >= 15 is 0 Å². The number of hydrogen-bond donors (Lipinski definition) is 2. The van der Waals surface area contributed by atoms with Crippen LogP contribution in [-0.4, -0.2) is 49.9 Å². The standard InChI is InChI=1S/C17H22F3N3O2/c1-21-9-12-3-2-8-23(11-12)15(24)10-22-16(25)13-4-6-14(7-5-13)17(18,19)20/h4-7,12,21H,2-3,8-11H2,1H3,(H,22,25). The van der Waals surface area contributed by atoms with Gasteiger partial charge >= 0.3 is 6.18 Å². The molecule has 1 aromatic rings. The fraction of sp³-hybridized carbons (Fsp3) is 0.529. The van der Waals surface area contributed by atoms with Gasteiger partial charge in [0.2, 0.25) is 5.91 Å². The van der Waals surface area contributed by atoms with Crippen LogP contribution >= 0.6 is 0 Å². The van der Waals surface area contributed by atoms with Crippen LogP contribution in [0.5, 0.6) is 0 Å². The molecule has 25 heavy (non-hydrogen) atoms. The minimum absolute atomic E-state index is 0.0903. The molecule has 1 atom stereocenters. The lowest BCUT2D eigenvalue weighted by molar-refractivity contribution is -0.137. The van der Waals surface area contributed by atoms with E-state index in [4.69, 9.17) is 0 Å². The van der Waals surface area contributed by atoms with Crippen molar-refractivity contribution >= 4 is 11.8 Å². The average Bonchev–Trinajstić information content (AvgIpc) is 2.59. The van der Waals surface area contributed by atoms with Gasteiger partial charge in [0, 0.05) is 18.7 Å². The van der Waals surface area contributed by atoms with Crippen LogP contribution in [0.1, 0.15) is 28.8 Å². The van der Waals surface area contributed by atoms with Gasteiger partial charge in [-0.3, -0.25) is 9.59 Å². The molecular formula is C17H22F3N3O2. The topological polar surface area (TPSA) is 61.4 Å². The molecule has 0 radical (unpaired) electrons. The molecule has 1 fully saturated rings. The lowest BCUT2D eigenvalue weighted by Crippen LogP contribution is -2.46. The molecule has 0 spiro atoms. The molecular weight excluding hydrogens is 335 g/mol. The van der Waals surface area contributed by atoms with E-state index < -0.39 is 17.6 Å². The lowest BCUT2D eigenvalue weighted by atomic mass is 9.98. The Labute approximate surface area is 144 Å². The third-order valence-corrected chi connectivity index (χ3v) is 4.24. The SMILES string of the molecule is CNCC1CCCN(C(=O)CNC(=O)c2ccc(C(F)(F)F)cc2)C1. The highest BCUT2D eigenvalue weighted by atomic mass is 19.4. The predicted molar refractivity (Wildman–Crippen MR) is 87.0 cm³/mol. The molecule has 1 aliphatic heterocycles. The number of carbonyl (C=O) groups is 2. The number of nitrogens with one attached hydrogen (secondary N) is 2. The van der Waals surface area contributed by atoms with Gasteiger partial charge in [0.25, 0.3) is 5.91 Å². The van der Waals surface area contributed by atoms with Crippen molar-refractivity contribution in [3.05, 3.63) is 35.4 Å². The summed E-state index contributed by atoms with van der Waals surface area (Å²) in [6.45, 7) is 1.98. The summed E-state index contributed by atoms with van der Waals surface area (Å²) in [5.74, 6) is -0.347. The number of likely N-dealkylation sites (tertiary alicyclic amines) is 1. The van der Waals surface area contributed by atoms with E-state index in [1.165, 1.54) is 0 Å². The van der Waals surface area contributed by atoms with Gasteiger partial charge in [-0.05, 0) is 56.6 Å². The summed E-state index contributed by atoms with van der Waals surface area (Å²) in [7, 11) is 1.87. The molecule has 2 N–H and O–H groups in total. The van der Waals surface area contributed by atoms with Gasteiger partial charge in [-0.25, -0.2) is 0 Å². The lowest BCUT2D eigenvalue weighted by Gasteiger charge is -2.32. The van der Waals surface area contributed by atoms with Crippen LogP contribution in [0.3, 0.4) is 0 Å². The second-order valence-electron chi connectivity index (χ2n) is 6.16. The first kappa shape index (κ1) is 19.2. The maximum absolute atomic E-state index is 12.5. The number of halogens is 3. The molecule has 2 amide bonds. The molecule has 1 heterocycles. The summed E-state index contributed by atoms with van der Waals surface area (Å²) in [4.78, 5) is 25.9. The van der Waals surface area contributed by atoms with Crippen molar-refractivity contribution in [2.45, 2.75) is 19.0 Å². The number of nitrogens with zero attached hydrogens (tertiary/aromatic N) is 1. The Balaban J connectivity index is 1.85. The van der Waals surface area contributed by atoms with Crippen molar-refractivity contribution in [1.82, 2.24) is 15.5 Å². The molecule has 8 heteroatoms. The number of carbonyl (C=O) groups excluding carboxylic acids is 2. The Morgan fingerprint density at radius 3 is 2.52 bits per heavy atom. The van der Waals surface area contributed by atoms with Gasteiger partial charge < -0.3 is 15.5 Å². The molecule has 1 saturated heterocycles. The minimum atomic E-state index is -4.44. The van der Waals surface area contributed by atoms with Gasteiger partial charge in [0.05, 0.1) is 12.1 Å². The number of amides is 2. The summed E-state index contributed by atoms with van der Waals surface area (Å²) in [6, 6.07) is 3.91. The van der Waals surface area contributed by atoms with Crippen molar-refractivity contribution in [2.24, 2.45) is 5.92 Å². The van der Waals surface area contributed by atoms with Crippen molar-refractivity contribution < 1.29 is 22.8 Å². The summed E-state index contributed by atoms with van der Waals surface area (Å²) in [5, 5.41) is 5.57. The molecule has 5 nitrogen and oxygen atoms in total. The molecule has 0 bridgehead atoms. The highest BCUT2D eigenvalue weighted by Crippen LogP contribution is 2.29. The van der Waals surface area contributed by atoms with Crippen LogP contribution < -0.4 is 10.6 Å². The van der Waals surface area contributed by atoms with Gasteiger partial charge in [0.15, 0.2) is 0 Å². The van der Waals surface area contributed by atoms with E-state index in [9.17, 15) is 22.8 Å². The Morgan fingerprint density at radius 2 is 1.92 bits per heavy atom. The zero-order valence-electron chi connectivity index (χ0n) is 14.0. The molecule has 1 unspecified atom stereocenters. The van der Waals surface area contributed by atoms with Crippen LogP contribution in [0.4, 0.5) is 13.2 Å². The fourth-order valence-corrected chi connectivity index (χ4v) is 2.93. The predicted octanol–water partition coefficient (Wildman–Crippen LogP) is 1.89. The molecule has 138 valence electrons. The highest BCUT2D eigenvalue weighted by molar-refractivity contribution is 5.96. The third-order valence-electron chi connectivity index (χ3n) is 4.24. The van der Waals surface area contributed by atoms with Crippen LogP contribution in [0, 0.1) is 5.92 Å². The van der Waals surface area contributed by atoms with Crippen LogP contribution in [-0.2, 0) is 11.0 Å². The van der Waals surface area contributed by atoms with Crippen molar-refractivity contribution in [3.63, 3.8) is 0 Å². The summed E-state index contributed by atoms with van der Waals surface area (Å²) in [5.41, 5.74) is -0.725. The summed E-state index contributed by atoms with van der Waals surface area (Å²) >= 11 is 0. The van der Waals surface area contributed by atoms with E-state index in [0.717, 1.165) is 43.7 Å². The number of benzene rings is 1. The van der Waals surface area contributed by atoms with E-state index in [0.29, 0.717) is 19.0 Å². The van der Waals surface area contributed by atoms with E-state index in [-0.39, 0.29) is 18.0 Å². The largest absolute Gasteiger partial charge is 0.416 e.